The number of benzene rings is 1. The van der Waals surface area contributed by atoms with Crippen molar-refractivity contribution < 1.29 is 14.3 Å². The van der Waals surface area contributed by atoms with Gasteiger partial charge < -0.3 is 14.4 Å². The van der Waals surface area contributed by atoms with E-state index in [1.54, 1.807) is 0 Å². The lowest BCUT2D eigenvalue weighted by atomic mass is 10.1. The minimum atomic E-state index is -0.184. The van der Waals surface area contributed by atoms with Crippen LogP contribution in [0.4, 0.5) is 0 Å². The van der Waals surface area contributed by atoms with Crippen LogP contribution in [0.3, 0.4) is 0 Å². The molecule has 4 nitrogen and oxygen atoms in total. The van der Waals surface area contributed by atoms with E-state index in [1.807, 2.05) is 25.1 Å². The third kappa shape index (κ3) is 8.03. The van der Waals surface area contributed by atoms with Gasteiger partial charge >= 0.3 is 5.97 Å². The van der Waals surface area contributed by atoms with Crippen molar-refractivity contribution >= 4 is 5.97 Å². The predicted molar refractivity (Wildman–Crippen MR) is 89.4 cm³/mol. The number of nitrogens with zero attached hydrogens (tertiary/aromatic N) is 1. The molecule has 22 heavy (non-hydrogen) atoms. The van der Waals surface area contributed by atoms with Gasteiger partial charge in [0.05, 0.1) is 19.6 Å². The number of rotatable bonds is 10. The van der Waals surface area contributed by atoms with E-state index in [0.717, 1.165) is 31.6 Å². The van der Waals surface area contributed by atoms with Crippen molar-refractivity contribution in [1.82, 2.24) is 4.90 Å². The van der Waals surface area contributed by atoms with Gasteiger partial charge in [0.1, 0.15) is 5.75 Å². The van der Waals surface area contributed by atoms with Gasteiger partial charge in [-0.25, -0.2) is 0 Å². The van der Waals surface area contributed by atoms with Gasteiger partial charge in [-0.3, -0.25) is 4.79 Å². The second-order valence-corrected chi connectivity index (χ2v) is 5.93. The predicted octanol–water partition coefficient (Wildman–Crippen LogP) is 3.35. The van der Waals surface area contributed by atoms with E-state index in [4.69, 9.17) is 9.47 Å². The molecule has 4 heteroatoms. The third-order valence-corrected chi connectivity index (χ3v) is 3.57. The fraction of sp³-hybridized carbons (Fsp3) is 0.611. The minimum Gasteiger partial charge on any atom is -0.493 e. The Morgan fingerprint density at radius 1 is 1.05 bits per heavy atom. The Morgan fingerprint density at radius 2 is 1.82 bits per heavy atom. The highest BCUT2D eigenvalue weighted by Crippen LogP contribution is 2.16. The molecule has 124 valence electrons. The lowest BCUT2D eigenvalue weighted by molar-refractivity contribution is -0.144. The summed E-state index contributed by atoms with van der Waals surface area (Å²) >= 11 is 0. The van der Waals surface area contributed by atoms with Crippen molar-refractivity contribution in [3.05, 3.63) is 29.3 Å². The maximum atomic E-state index is 11.6. The molecule has 0 aliphatic rings. The first-order valence-corrected chi connectivity index (χ1v) is 7.99. The molecule has 1 rings (SSSR count). The summed E-state index contributed by atoms with van der Waals surface area (Å²) in [5, 5.41) is 0. The lowest BCUT2D eigenvalue weighted by Crippen LogP contribution is -2.13. The van der Waals surface area contributed by atoms with E-state index >= 15 is 0 Å². The first kappa shape index (κ1) is 18.5. The number of esters is 1. The Hall–Kier alpha value is -1.55. The summed E-state index contributed by atoms with van der Waals surface area (Å²) in [6, 6.07) is 5.94. The van der Waals surface area contributed by atoms with Crippen molar-refractivity contribution in [1.29, 1.82) is 0 Å². The Kier molecular flexibility index (Phi) is 8.60. The molecule has 0 saturated carbocycles. The van der Waals surface area contributed by atoms with Crippen LogP contribution < -0.4 is 4.74 Å². The Balaban J connectivity index is 2.07. The third-order valence-electron chi connectivity index (χ3n) is 3.57. The summed E-state index contributed by atoms with van der Waals surface area (Å²) in [5.41, 5.74) is 2.43. The first-order chi connectivity index (χ1) is 10.5. The number of hydrogen-bond donors (Lipinski definition) is 0. The van der Waals surface area contributed by atoms with Gasteiger partial charge in [-0.1, -0.05) is 6.07 Å². The minimum absolute atomic E-state index is 0.184. The second-order valence-electron chi connectivity index (χ2n) is 5.93. The zero-order valence-electron chi connectivity index (χ0n) is 14.4. The molecule has 0 saturated heterocycles. The zero-order chi connectivity index (χ0) is 16.4. The van der Waals surface area contributed by atoms with Crippen molar-refractivity contribution in [2.75, 3.05) is 33.9 Å². The van der Waals surface area contributed by atoms with Crippen LogP contribution in [0.1, 0.15) is 36.8 Å². The van der Waals surface area contributed by atoms with E-state index in [-0.39, 0.29) is 5.97 Å². The molecule has 0 atom stereocenters. The number of hydrogen-bond acceptors (Lipinski definition) is 4. The van der Waals surface area contributed by atoms with Crippen molar-refractivity contribution in [3.8, 4) is 5.75 Å². The van der Waals surface area contributed by atoms with Gasteiger partial charge in [-0.05, 0) is 77.0 Å². The van der Waals surface area contributed by atoms with Gasteiger partial charge in [-0.15, -0.1) is 0 Å². The molecule has 0 bridgehead atoms. The maximum absolute atomic E-state index is 11.6. The molecule has 0 fully saturated rings. The van der Waals surface area contributed by atoms with Gasteiger partial charge in [0, 0.05) is 0 Å². The highest BCUT2D eigenvalue weighted by atomic mass is 16.5. The Labute approximate surface area is 134 Å². The summed E-state index contributed by atoms with van der Waals surface area (Å²) in [4.78, 5) is 13.7. The molecule has 0 heterocycles. The first-order valence-electron chi connectivity index (χ1n) is 7.99. The van der Waals surface area contributed by atoms with Gasteiger partial charge in [0.25, 0.3) is 0 Å². The molecule has 0 N–H and O–H groups in total. The largest absolute Gasteiger partial charge is 0.493 e. The fourth-order valence-corrected chi connectivity index (χ4v) is 2.02. The number of aryl methyl sites for hydroxylation is 2. The summed E-state index contributed by atoms with van der Waals surface area (Å²) in [5.74, 6) is 0.621. The summed E-state index contributed by atoms with van der Waals surface area (Å²) in [6.45, 7) is 6.07. The normalized spacial score (nSPS) is 10.8. The number of carbonyl (C=O) groups excluding carboxylic acids is 1. The molecular formula is C18H29NO3. The summed E-state index contributed by atoms with van der Waals surface area (Å²) in [6.07, 6.45) is 3.45. The molecule has 0 aliphatic carbocycles. The average molecular weight is 307 g/mol. The molecule has 0 aromatic heterocycles. The van der Waals surface area contributed by atoms with Crippen LogP contribution in [0.5, 0.6) is 5.75 Å². The average Bonchev–Trinajstić information content (AvgIpc) is 2.46. The standard InChI is InChI=1S/C18H29NO3/c1-15-8-9-17(14-16(15)2)21-13-10-18(20)22-12-7-5-6-11-19(3)4/h8-9,14H,5-7,10-13H2,1-4H3. The summed E-state index contributed by atoms with van der Waals surface area (Å²) in [7, 11) is 4.13. The van der Waals surface area contributed by atoms with E-state index in [1.165, 1.54) is 11.1 Å². The number of unbranched alkanes of at least 4 members (excludes halogenated alkanes) is 2. The van der Waals surface area contributed by atoms with Crippen LogP contribution in [0.25, 0.3) is 0 Å². The molecule has 0 spiro atoms. The van der Waals surface area contributed by atoms with Gasteiger partial charge in [-0.2, -0.15) is 0 Å². The molecule has 0 amide bonds. The quantitative estimate of drug-likeness (QED) is 0.491. The molecule has 0 aliphatic heterocycles. The van der Waals surface area contributed by atoms with E-state index < -0.39 is 0 Å². The number of carbonyl (C=O) groups is 1. The second kappa shape index (κ2) is 10.2. The van der Waals surface area contributed by atoms with E-state index in [0.29, 0.717) is 19.6 Å². The fourth-order valence-electron chi connectivity index (χ4n) is 2.02. The Bertz CT molecular complexity index is 458. The molecule has 0 radical (unpaired) electrons. The lowest BCUT2D eigenvalue weighted by Gasteiger charge is -2.10. The monoisotopic (exact) mass is 307 g/mol. The van der Waals surface area contributed by atoms with Crippen molar-refractivity contribution in [2.45, 2.75) is 39.5 Å². The highest BCUT2D eigenvalue weighted by molar-refractivity contribution is 5.69. The molecule has 1 aromatic rings. The van der Waals surface area contributed by atoms with E-state index in [2.05, 4.69) is 25.9 Å². The zero-order valence-corrected chi connectivity index (χ0v) is 14.4. The van der Waals surface area contributed by atoms with Crippen LogP contribution >= 0.6 is 0 Å². The van der Waals surface area contributed by atoms with Crippen molar-refractivity contribution in [3.63, 3.8) is 0 Å². The molecule has 0 unspecified atom stereocenters. The highest BCUT2D eigenvalue weighted by Gasteiger charge is 2.04. The SMILES string of the molecule is Cc1ccc(OCCC(=O)OCCCCCN(C)C)cc1C. The molecule has 1 aromatic carbocycles. The molecular weight excluding hydrogens is 278 g/mol. The summed E-state index contributed by atoms with van der Waals surface area (Å²) < 4.78 is 10.8. The van der Waals surface area contributed by atoms with Crippen LogP contribution in [-0.4, -0.2) is 44.7 Å². The van der Waals surface area contributed by atoms with Crippen molar-refractivity contribution in [2.24, 2.45) is 0 Å². The van der Waals surface area contributed by atoms with Gasteiger partial charge in [0.15, 0.2) is 0 Å². The maximum Gasteiger partial charge on any atom is 0.309 e. The van der Waals surface area contributed by atoms with Crippen LogP contribution in [0.15, 0.2) is 18.2 Å². The topological polar surface area (TPSA) is 38.8 Å². The van der Waals surface area contributed by atoms with E-state index in [9.17, 15) is 4.79 Å². The smallest absolute Gasteiger partial charge is 0.309 e. The van der Waals surface area contributed by atoms with Crippen LogP contribution in [0, 0.1) is 13.8 Å². The van der Waals surface area contributed by atoms with Crippen LogP contribution in [0.2, 0.25) is 0 Å². The van der Waals surface area contributed by atoms with Crippen LogP contribution in [-0.2, 0) is 9.53 Å². The van der Waals surface area contributed by atoms with Gasteiger partial charge in [0.2, 0.25) is 0 Å². The number of ether oxygens (including phenoxy) is 2. The Morgan fingerprint density at radius 3 is 2.50 bits per heavy atom.